The van der Waals surface area contributed by atoms with E-state index < -0.39 is 5.54 Å². The maximum absolute atomic E-state index is 14.0. The summed E-state index contributed by atoms with van der Waals surface area (Å²) in [4.78, 5) is 37.9. The van der Waals surface area contributed by atoms with E-state index in [2.05, 4.69) is 35.9 Å². The monoisotopic (exact) mass is 488 g/mol. The molecule has 3 aliphatic rings. The Morgan fingerprint density at radius 1 is 0.972 bits per heavy atom. The Kier molecular flexibility index (Phi) is 7.16. The molecule has 5 rings (SSSR count). The van der Waals surface area contributed by atoms with E-state index >= 15 is 0 Å². The third kappa shape index (κ3) is 5.06. The number of aromatic nitrogens is 1. The van der Waals surface area contributed by atoms with Crippen LogP contribution in [0.4, 0.5) is 4.79 Å². The zero-order valence-corrected chi connectivity index (χ0v) is 21.9. The largest absolute Gasteiger partial charge is 0.327 e. The molecule has 1 aromatic carbocycles. The molecule has 6 heteroatoms. The third-order valence-electron chi connectivity index (χ3n) is 8.70. The minimum atomic E-state index is -0.720. The van der Waals surface area contributed by atoms with Crippen molar-refractivity contribution in [1.29, 1.82) is 0 Å². The number of nitrogens with zero attached hydrogens (tertiary/aromatic N) is 4. The van der Waals surface area contributed by atoms with E-state index in [4.69, 9.17) is 0 Å². The molecule has 1 unspecified atom stereocenters. The first-order valence-electron chi connectivity index (χ1n) is 13.7. The van der Waals surface area contributed by atoms with Crippen LogP contribution in [0.5, 0.6) is 0 Å². The predicted octanol–water partition coefficient (Wildman–Crippen LogP) is 5.28. The lowest BCUT2D eigenvalue weighted by Gasteiger charge is -2.47. The van der Waals surface area contributed by atoms with E-state index in [-0.39, 0.29) is 11.9 Å². The molecule has 0 bridgehead atoms. The number of amides is 3. The van der Waals surface area contributed by atoms with Crippen molar-refractivity contribution in [3.05, 3.63) is 66.0 Å². The van der Waals surface area contributed by atoms with Crippen molar-refractivity contribution >= 4 is 11.9 Å². The van der Waals surface area contributed by atoms with Crippen molar-refractivity contribution < 1.29 is 9.59 Å². The standard InChI is InChI=1S/C30H40N4O2/c1-29(2)14-6-13-26(21-29)32-19-15-30(16-20-32)27(35)33(18-8-12-24-11-7-17-31-22-24)28(36)34(30)23-25-9-4-3-5-10-25/h3-5,7,9-11,17,22,26H,6,8,12-16,18-21,23H2,1-2H3. The van der Waals surface area contributed by atoms with Crippen LogP contribution in [0.1, 0.15) is 69.9 Å². The summed E-state index contributed by atoms with van der Waals surface area (Å²) in [7, 11) is 0. The lowest BCUT2D eigenvalue weighted by molar-refractivity contribution is -0.136. The van der Waals surface area contributed by atoms with Crippen LogP contribution < -0.4 is 0 Å². The zero-order chi connectivity index (χ0) is 25.2. The van der Waals surface area contributed by atoms with E-state index in [0.29, 0.717) is 24.5 Å². The van der Waals surface area contributed by atoms with Gasteiger partial charge in [-0.15, -0.1) is 0 Å². The van der Waals surface area contributed by atoms with Gasteiger partial charge in [0.15, 0.2) is 0 Å². The minimum absolute atomic E-state index is 0.0123. The molecule has 2 aliphatic heterocycles. The second kappa shape index (κ2) is 10.3. The molecule has 36 heavy (non-hydrogen) atoms. The molecule has 2 saturated heterocycles. The van der Waals surface area contributed by atoms with Crippen molar-refractivity contribution in [1.82, 2.24) is 19.7 Å². The number of carbonyl (C=O) groups is 2. The minimum Gasteiger partial charge on any atom is -0.305 e. The molecule has 3 heterocycles. The summed E-state index contributed by atoms with van der Waals surface area (Å²) in [5.74, 6) is 0.0123. The second-order valence-electron chi connectivity index (χ2n) is 11.8. The lowest BCUT2D eigenvalue weighted by Crippen LogP contribution is -2.58. The number of hydrogen-bond acceptors (Lipinski definition) is 4. The Morgan fingerprint density at radius 2 is 1.72 bits per heavy atom. The number of benzene rings is 1. The molecular formula is C30H40N4O2. The molecule has 0 N–H and O–H groups in total. The van der Waals surface area contributed by atoms with Gasteiger partial charge >= 0.3 is 6.03 Å². The van der Waals surface area contributed by atoms with Crippen molar-refractivity contribution in [2.24, 2.45) is 5.41 Å². The molecule has 0 radical (unpaired) electrons. The average molecular weight is 489 g/mol. The predicted molar refractivity (Wildman–Crippen MR) is 141 cm³/mol. The Bertz CT molecular complexity index is 1050. The van der Waals surface area contributed by atoms with Crippen molar-refractivity contribution in [3.8, 4) is 0 Å². The van der Waals surface area contributed by atoms with Crippen LogP contribution >= 0.6 is 0 Å². The Hall–Kier alpha value is -2.73. The van der Waals surface area contributed by atoms with Gasteiger partial charge in [-0.25, -0.2) is 4.79 Å². The van der Waals surface area contributed by atoms with Gasteiger partial charge in [-0.05, 0) is 67.6 Å². The fourth-order valence-corrected chi connectivity index (χ4v) is 6.66. The molecule has 1 aromatic heterocycles. The number of likely N-dealkylation sites (tertiary alicyclic amines) is 1. The van der Waals surface area contributed by atoms with E-state index in [1.54, 1.807) is 11.1 Å². The summed E-state index contributed by atoms with van der Waals surface area (Å²) in [5, 5.41) is 0. The fourth-order valence-electron chi connectivity index (χ4n) is 6.66. The van der Waals surface area contributed by atoms with Gasteiger partial charge in [-0.3, -0.25) is 14.7 Å². The number of imide groups is 1. The summed E-state index contributed by atoms with van der Waals surface area (Å²) < 4.78 is 0. The molecule has 192 valence electrons. The Labute approximate surface area is 215 Å². The molecular weight excluding hydrogens is 448 g/mol. The van der Waals surface area contributed by atoms with Gasteiger partial charge in [0.25, 0.3) is 5.91 Å². The van der Waals surface area contributed by atoms with Crippen LogP contribution in [-0.2, 0) is 17.8 Å². The van der Waals surface area contributed by atoms with E-state index in [0.717, 1.165) is 49.9 Å². The molecule has 1 saturated carbocycles. The van der Waals surface area contributed by atoms with Gasteiger partial charge in [0.2, 0.25) is 0 Å². The number of carbonyl (C=O) groups excluding carboxylic acids is 2. The zero-order valence-electron chi connectivity index (χ0n) is 21.9. The Morgan fingerprint density at radius 3 is 2.42 bits per heavy atom. The number of rotatable bonds is 7. The number of pyridine rings is 1. The molecule has 3 fully saturated rings. The van der Waals surface area contributed by atoms with Gasteiger partial charge in [0, 0.05) is 44.6 Å². The van der Waals surface area contributed by atoms with E-state index in [9.17, 15) is 9.59 Å². The van der Waals surface area contributed by atoms with E-state index in [1.807, 2.05) is 41.4 Å². The molecule has 6 nitrogen and oxygen atoms in total. The van der Waals surface area contributed by atoms with Crippen LogP contribution in [0.15, 0.2) is 54.9 Å². The summed E-state index contributed by atoms with van der Waals surface area (Å²) in [6.45, 7) is 7.48. The van der Waals surface area contributed by atoms with Crippen molar-refractivity contribution in [2.75, 3.05) is 19.6 Å². The van der Waals surface area contributed by atoms with Gasteiger partial charge in [-0.1, -0.05) is 56.7 Å². The highest BCUT2D eigenvalue weighted by molar-refractivity contribution is 6.07. The van der Waals surface area contributed by atoms with Gasteiger partial charge < -0.3 is 9.80 Å². The van der Waals surface area contributed by atoms with Crippen molar-refractivity contribution in [2.45, 2.75) is 83.3 Å². The lowest BCUT2D eigenvalue weighted by atomic mass is 9.74. The average Bonchev–Trinajstić information content (AvgIpc) is 3.06. The highest BCUT2D eigenvalue weighted by Crippen LogP contribution is 2.42. The van der Waals surface area contributed by atoms with Crippen LogP contribution in [0.25, 0.3) is 0 Å². The first-order valence-corrected chi connectivity index (χ1v) is 13.7. The molecule has 1 atom stereocenters. The number of aryl methyl sites for hydroxylation is 1. The quantitative estimate of drug-likeness (QED) is 0.498. The number of urea groups is 1. The summed E-state index contributed by atoms with van der Waals surface area (Å²) in [5.41, 5.74) is 1.88. The topological polar surface area (TPSA) is 56.8 Å². The maximum atomic E-state index is 14.0. The highest BCUT2D eigenvalue weighted by atomic mass is 16.2. The summed E-state index contributed by atoms with van der Waals surface area (Å²) >= 11 is 0. The molecule has 1 spiro atoms. The summed E-state index contributed by atoms with van der Waals surface area (Å²) in [6, 6.07) is 14.5. The molecule has 3 amide bonds. The van der Waals surface area contributed by atoms with Crippen LogP contribution in [-0.4, -0.2) is 62.8 Å². The van der Waals surface area contributed by atoms with Crippen LogP contribution in [0.2, 0.25) is 0 Å². The molecule has 1 aliphatic carbocycles. The SMILES string of the molecule is CC1(C)CCCC(N2CCC3(CC2)C(=O)N(CCCc2cccnc2)C(=O)N3Cc2ccccc2)C1. The van der Waals surface area contributed by atoms with Crippen LogP contribution in [0, 0.1) is 5.41 Å². The fraction of sp³-hybridized carbons (Fsp3) is 0.567. The Balaban J connectivity index is 1.32. The van der Waals surface area contributed by atoms with Crippen LogP contribution in [0.3, 0.4) is 0 Å². The normalized spacial score (nSPS) is 24.0. The van der Waals surface area contributed by atoms with Crippen molar-refractivity contribution in [3.63, 3.8) is 0 Å². The molecule has 2 aromatic rings. The smallest absolute Gasteiger partial charge is 0.305 e. The van der Waals surface area contributed by atoms with E-state index in [1.165, 1.54) is 25.7 Å². The number of piperidine rings is 1. The first-order chi connectivity index (χ1) is 17.4. The second-order valence-corrected chi connectivity index (χ2v) is 11.8. The maximum Gasteiger partial charge on any atom is 0.327 e. The highest BCUT2D eigenvalue weighted by Gasteiger charge is 2.58. The number of hydrogen-bond donors (Lipinski definition) is 0. The first kappa shape index (κ1) is 24.9. The van der Waals surface area contributed by atoms with Gasteiger partial charge in [-0.2, -0.15) is 0 Å². The summed E-state index contributed by atoms with van der Waals surface area (Å²) in [6.07, 6.45) is 11.7. The van der Waals surface area contributed by atoms with Gasteiger partial charge in [0.05, 0.1) is 0 Å². The van der Waals surface area contributed by atoms with Gasteiger partial charge in [0.1, 0.15) is 5.54 Å². The third-order valence-corrected chi connectivity index (χ3v) is 8.70.